The summed E-state index contributed by atoms with van der Waals surface area (Å²) in [5.74, 6) is 0. The molecule has 0 spiro atoms. The Hall–Kier alpha value is -0.430. The molecular weight excluding hydrogens is 188 g/mol. The van der Waals surface area contributed by atoms with Gasteiger partial charge in [0.15, 0.2) is 0 Å². The first-order valence-corrected chi connectivity index (χ1v) is 6.42. The van der Waals surface area contributed by atoms with Gasteiger partial charge in [0.05, 0.1) is 0 Å². The van der Waals surface area contributed by atoms with Gasteiger partial charge in [-0.3, -0.25) is 0 Å². The number of unbranched alkanes of at least 4 members (excludes halogenated alkanes) is 2. The van der Waals surface area contributed by atoms with Crippen molar-refractivity contribution >= 4 is 11.8 Å². The van der Waals surface area contributed by atoms with Crippen molar-refractivity contribution in [1.29, 1.82) is 0 Å². The molecule has 0 aromatic heterocycles. The zero-order chi connectivity index (χ0) is 10.2. The molecule has 0 fully saturated rings. The second kappa shape index (κ2) is 6.94. The minimum Gasteiger partial charge on any atom is -0.123 e. The van der Waals surface area contributed by atoms with Crippen molar-refractivity contribution in [1.82, 2.24) is 0 Å². The molecular formula is C13H20S. The molecule has 0 saturated carbocycles. The van der Waals surface area contributed by atoms with Gasteiger partial charge in [0.2, 0.25) is 0 Å². The molecule has 0 N–H and O–H groups in total. The monoisotopic (exact) mass is 208 g/mol. The van der Waals surface area contributed by atoms with Gasteiger partial charge < -0.3 is 0 Å². The summed E-state index contributed by atoms with van der Waals surface area (Å²) in [6.07, 6.45) is 5.41. The number of thioether (sulfide) groups is 1. The van der Waals surface area contributed by atoms with E-state index in [-0.39, 0.29) is 0 Å². The highest BCUT2D eigenvalue weighted by molar-refractivity contribution is 7.99. The number of benzene rings is 1. The Morgan fingerprint density at radius 1 is 1.14 bits per heavy atom. The van der Waals surface area contributed by atoms with Gasteiger partial charge in [-0.15, -0.1) is 11.8 Å². The first-order chi connectivity index (χ1) is 6.83. The van der Waals surface area contributed by atoms with Gasteiger partial charge in [0.1, 0.15) is 0 Å². The molecule has 1 atom stereocenters. The average Bonchev–Trinajstić information content (AvgIpc) is 2.20. The zero-order valence-electron chi connectivity index (χ0n) is 9.20. The molecule has 0 aliphatic heterocycles. The van der Waals surface area contributed by atoms with Gasteiger partial charge in [0, 0.05) is 10.1 Å². The van der Waals surface area contributed by atoms with Crippen LogP contribution in [0.25, 0.3) is 0 Å². The maximum Gasteiger partial charge on any atom is 0.00746 e. The van der Waals surface area contributed by atoms with E-state index in [2.05, 4.69) is 44.2 Å². The topological polar surface area (TPSA) is 0 Å². The molecule has 0 heterocycles. The Kier molecular flexibility index (Phi) is 5.77. The molecule has 0 radical (unpaired) electrons. The quantitative estimate of drug-likeness (QED) is 0.480. The average molecular weight is 208 g/mol. The van der Waals surface area contributed by atoms with E-state index >= 15 is 0 Å². The summed E-state index contributed by atoms with van der Waals surface area (Å²) in [6, 6.07) is 10.7. The fourth-order valence-electron chi connectivity index (χ4n) is 1.47. The zero-order valence-corrected chi connectivity index (χ0v) is 10.0. The lowest BCUT2D eigenvalue weighted by molar-refractivity contribution is 0.664. The number of hydrogen-bond acceptors (Lipinski definition) is 1. The lowest BCUT2D eigenvalue weighted by atomic mass is 10.2. The highest BCUT2D eigenvalue weighted by Gasteiger charge is 2.02. The van der Waals surface area contributed by atoms with E-state index in [9.17, 15) is 0 Å². The maximum atomic E-state index is 2.33. The highest BCUT2D eigenvalue weighted by Crippen LogP contribution is 2.25. The third-order valence-electron chi connectivity index (χ3n) is 2.29. The molecule has 0 bridgehead atoms. The van der Waals surface area contributed by atoms with Crippen molar-refractivity contribution in [3.8, 4) is 0 Å². The molecule has 1 aromatic carbocycles. The number of hydrogen-bond donors (Lipinski definition) is 0. The molecule has 0 aliphatic carbocycles. The Bertz CT molecular complexity index is 230. The van der Waals surface area contributed by atoms with Crippen LogP contribution in [0.2, 0.25) is 0 Å². The number of rotatable bonds is 6. The standard InChI is InChI=1S/C13H20S/c1-3-4-6-9-12(2)14-13-10-7-5-8-11-13/h5,7-8,10-12H,3-4,6,9H2,1-2H3. The van der Waals surface area contributed by atoms with Crippen molar-refractivity contribution in [2.75, 3.05) is 0 Å². The Morgan fingerprint density at radius 2 is 1.86 bits per heavy atom. The van der Waals surface area contributed by atoms with E-state index in [0.717, 1.165) is 5.25 Å². The molecule has 1 aromatic rings. The summed E-state index contributed by atoms with van der Waals surface area (Å²) in [7, 11) is 0. The van der Waals surface area contributed by atoms with E-state index < -0.39 is 0 Å². The smallest absolute Gasteiger partial charge is 0.00746 e. The summed E-state index contributed by atoms with van der Waals surface area (Å²) in [5, 5.41) is 0.754. The van der Waals surface area contributed by atoms with Crippen LogP contribution in [0.5, 0.6) is 0 Å². The molecule has 78 valence electrons. The summed E-state index contributed by atoms with van der Waals surface area (Å²) in [4.78, 5) is 1.40. The fraction of sp³-hybridized carbons (Fsp3) is 0.538. The predicted molar refractivity (Wildman–Crippen MR) is 65.9 cm³/mol. The normalized spacial score (nSPS) is 12.7. The van der Waals surface area contributed by atoms with Crippen LogP contribution in [0.1, 0.15) is 39.5 Å². The Morgan fingerprint density at radius 3 is 2.50 bits per heavy atom. The van der Waals surface area contributed by atoms with Crippen LogP contribution >= 0.6 is 11.8 Å². The van der Waals surface area contributed by atoms with E-state index in [1.54, 1.807) is 0 Å². The summed E-state index contributed by atoms with van der Waals surface area (Å²) < 4.78 is 0. The molecule has 1 unspecified atom stereocenters. The van der Waals surface area contributed by atoms with E-state index in [1.807, 2.05) is 11.8 Å². The van der Waals surface area contributed by atoms with Crippen LogP contribution in [0.15, 0.2) is 35.2 Å². The summed E-state index contributed by atoms with van der Waals surface area (Å²) >= 11 is 1.99. The van der Waals surface area contributed by atoms with Crippen molar-refractivity contribution in [3.63, 3.8) is 0 Å². The van der Waals surface area contributed by atoms with Crippen molar-refractivity contribution < 1.29 is 0 Å². The lowest BCUT2D eigenvalue weighted by Crippen LogP contribution is -1.95. The van der Waals surface area contributed by atoms with Crippen LogP contribution in [0.4, 0.5) is 0 Å². The van der Waals surface area contributed by atoms with Gasteiger partial charge in [-0.1, -0.05) is 51.3 Å². The predicted octanol–water partition coefficient (Wildman–Crippen LogP) is 4.75. The highest BCUT2D eigenvalue weighted by atomic mass is 32.2. The fourth-order valence-corrected chi connectivity index (χ4v) is 2.54. The molecule has 0 amide bonds. The second-order valence-corrected chi connectivity index (χ2v) is 5.25. The third kappa shape index (κ3) is 4.71. The van der Waals surface area contributed by atoms with Gasteiger partial charge >= 0.3 is 0 Å². The van der Waals surface area contributed by atoms with Crippen molar-refractivity contribution in [2.45, 2.75) is 49.7 Å². The SMILES string of the molecule is CCCCCC(C)Sc1ccccc1. The molecule has 1 heteroatoms. The Balaban J connectivity index is 2.23. The third-order valence-corrected chi connectivity index (χ3v) is 3.48. The van der Waals surface area contributed by atoms with Gasteiger partial charge in [-0.2, -0.15) is 0 Å². The van der Waals surface area contributed by atoms with E-state index in [4.69, 9.17) is 0 Å². The van der Waals surface area contributed by atoms with E-state index in [0.29, 0.717) is 0 Å². The van der Waals surface area contributed by atoms with Crippen molar-refractivity contribution in [3.05, 3.63) is 30.3 Å². The molecule has 0 aliphatic rings. The van der Waals surface area contributed by atoms with Gasteiger partial charge in [0.25, 0.3) is 0 Å². The molecule has 0 saturated heterocycles. The summed E-state index contributed by atoms with van der Waals surface area (Å²) in [6.45, 7) is 4.59. The van der Waals surface area contributed by atoms with E-state index in [1.165, 1.54) is 30.6 Å². The van der Waals surface area contributed by atoms with Crippen LogP contribution in [0.3, 0.4) is 0 Å². The molecule has 0 nitrogen and oxygen atoms in total. The molecule has 14 heavy (non-hydrogen) atoms. The van der Waals surface area contributed by atoms with Gasteiger partial charge in [-0.25, -0.2) is 0 Å². The van der Waals surface area contributed by atoms with Crippen LogP contribution in [-0.2, 0) is 0 Å². The van der Waals surface area contributed by atoms with Crippen LogP contribution in [0, 0.1) is 0 Å². The lowest BCUT2D eigenvalue weighted by Gasteiger charge is -2.10. The first-order valence-electron chi connectivity index (χ1n) is 5.54. The Labute approximate surface area is 92.1 Å². The summed E-state index contributed by atoms with van der Waals surface area (Å²) in [5.41, 5.74) is 0. The maximum absolute atomic E-state index is 2.33. The minimum absolute atomic E-state index is 0.754. The largest absolute Gasteiger partial charge is 0.123 e. The first kappa shape index (κ1) is 11.6. The van der Waals surface area contributed by atoms with Gasteiger partial charge in [-0.05, 0) is 18.6 Å². The second-order valence-electron chi connectivity index (χ2n) is 3.74. The minimum atomic E-state index is 0.754. The van der Waals surface area contributed by atoms with Crippen LogP contribution in [-0.4, -0.2) is 5.25 Å². The van der Waals surface area contributed by atoms with Crippen molar-refractivity contribution in [2.24, 2.45) is 0 Å². The molecule has 1 rings (SSSR count). The van der Waals surface area contributed by atoms with Crippen LogP contribution < -0.4 is 0 Å².